The molecule has 0 saturated carbocycles. The van der Waals surface area contributed by atoms with E-state index in [0.717, 1.165) is 16.5 Å². The number of aromatic nitrogens is 2. The normalized spacial score (nSPS) is 10.7. The van der Waals surface area contributed by atoms with Gasteiger partial charge in [-0.15, -0.1) is 0 Å². The van der Waals surface area contributed by atoms with Crippen LogP contribution in [0.1, 0.15) is 5.56 Å². The summed E-state index contributed by atoms with van der Waals surface area (Å²) in [6.45, 7) is 1.71. The van der Waals surface area contributed by atoms with Gasteiger partial charge in [-0.3, -0.25) is 0 Å². The summed E-state index contributed by atoms with van der Waals surface area (Å²) in [4.78, 5) is 18.2. The van der Waals surface area contributed by atoms with Crippen molar-refractivity contribution in [2.45, 2.75) is 6.61 Å². The standard InChI is InChI=1S/C17H17N3O2/c21-17-19-15-9-5-4-8-14(15)16(20-17)18-10-11-22-12-13-6-2-1-3-7-13/h1-9H,10-12H2,(H2,18,19,20,21). The fraction of sp³-hybridized carbons (Fsp3) is 0.176. The molecule has 0 amide bonds. The van der Waals surface area contributed by atoms with E-state index in [2.05, 4.69) is 15.3 Å². The molecule has 5 nitrogen and oxygen atoms in total. The van der Waals surface area contributed by atoms with Crippen molar-refractivity contribution in [1.29, 1.82) is 0 Å². The number of rotatable bonds is 6. The molecule has 0 radical (unpaired) electrons. The van der Waals surface area contributed by atoms with Crippen LogP contribution in [0.2, 0.25) is 0 Å². The molecule has 0 atom stereocenters. The van der Waals surface area contributed by atoms with Crippen LogP contribution in [-0.2, 0) is 11.3 Å². The lowest BCUT2D eigenvalue weighted by atomic mass is 10.2. The minimum absolute atomic E-state index is 0.355. The molecule has 0 bridgehead atoms. The van der Waals surface area contributed by atoms with Gasteiger partial charge < -0.3 is 15.0 Å². The molecule has 0 saturated heterocycles. The Morgan fingerprint density at radius 2 is 1.82 bits per heavy atom. The summed E-state index contributed by atoms with van der Waals surface area (Å²) in [5.74, 6) is 0.586. The fourth-order valence-corrected chi connectivity index (χ4v) is 2.24. The van der Waals surface area contributed by atoms with Gasteiger partial charge >= 0.3 is 5.69 Å². The molecule has 2 aromatic carbocycles. The SMILES string of the molecule is O=c1nc(NCCOCc2ccccc2)c2ccccc2[nH]1. The monoisotopic (exact) mass is 295 g/mol. The van der Waals surface area contributed by atoms with Crippen molar-refractivity contribution in [3.8, 4) is 0 Å². The Kier molecular flexibility index (Phi) is 4.46. The highest BCUT2D eigenvalue weighted by Gasteiger charge is 2.03. The second-order valence-corrected chi connectivity index (χ2v) is 4.90. The zero-order valence-electron chi connectivity index (χ0n) is 12.1. The van der Waals surface area contributed by atoms with E-state index in [1.165, 1.54) is 0 Å². The van der Waals surface area contributed by atoms with E-state index in [1.54, 1.807) is 0 Å². The Labute approximate surface area is 128 Å². The van der Waals surface area contributed by atoms with Crippen LogP contribution in [0.5, 0.6) is 0 Å². The van der Waals surface area contributed by atoms with Crippen LogP contribution >= 0.6 is 0 Å². The largest absolute Gasteiger partial charge is 0.375 e. The van der Waals surface area contributed by atoms with Gasteiger partial charge in [-0.05, 0) is 17.7 Å². The Morgan fingerprint density at radius 3 is 2.68 bits per heavy atom. The predicted molar refractivity (Wildman–Crippen MR) is 87.0 cm³/mol. The molecule has 2 N–H and O–H groups in total. The minimum Gasteiger partial charge on any atom is -0.375 e. The molecule has 0 spiro atoms. The van der Waals surface area contributed by atoms with Crippen LogP contribution in [0.4, 0.5) is 5.82 Å². The van der Waals surface area contributed by atoms with E-state index in [-0.39, 0.29) is 5.69 Å². The Bertz CT molecular complexity index is 800. The maximum Gasteiger partial charge on any atom is 0.347 e. The summed E-state index contributed by atoms with van der Waals surface area (Å²) in [5.41, 5.74) is 1.56. The Morgan fingerprint density at radius 1 is 1.05 bits per heavy atom. The van der Waals surface area contributed by atoms with Gasteiger partial charge in [-0.1, -0.05) is 42.5 Å². The van der Waals surface area contributed by atoms with Crippen molar-refractivity contribution in [2.75, 3.05) is 18.5 Å². The number of benzene rings is 2. The summed E-state index contributed by atoms with van der Waals surface area (Å²) in [6, 6.07) is 17.6. The number of ether oxygens (including phenoxy) is 1. The number of aromatic amines is 1. The van der Waals surface area contributed by atoms with E-state index < -0.39 is 0 Å². The molecule has 0 aliphatic rings. The van der Waals surface area contributed by atoms with Crippen molar-refractivity contribution in [3.05, 3.63) is 70.6 Å². The van der Waals surface area contributed by atoms with Crippen molar-refractivity contribution < 1.29 is 4.74 Å². The van der Waals surface area contributed by atoms with Crippen LogP contribution in [-0.4, -0.2) is 23.1 Å². The Balaban J connectivity index is 1.57. The molecular weight excluding hydrogens is 278 g/mol. The van der Waals surface area contributed by atoms with Crippen molar-refractivity contribution in [1.82, 2.24) is 9.97 Å². The van der Waals surface area contributed by atoms with E-state index in [1.807, 2.05) is 54.6 Å². The first-order valence-electron chi connectivity index (χ1n) is 7.17. The van der Waals surface area contributed by atoms with Gasteiger partial charge in [-0.25, -0.2) is 4.79 Å². The minimum atomic E-state index is -0.355. The number of anilines is 1. The number of nitrogens with one attached hydrogen (secondary N) is 2. The maximum absolute atomic E-state index is 11.5. The molecule has 5 heteroatoms. The first-order valence-corrected chi connectivity index (χ1v) is 7.17. The smallest absolute Gasteiger partial charge is 0.347 e. The molecule has 112 valence electrons. The van der Waals surface area contributed by atoms with Gasteiger partial charge in [0.2, 0.25) is 0 Å². The summed E-state index contributed by atoms with van der Waals surface area (Å²) in [6.07, 6.45) is 0. The van der Waals surface area contributed by atoms with E-state index >= 15 is 0 Å². The summed E-state index contributed by atoms with van der Waals surface area (Å²) >= 11 is 0. The molecular formula is C17H17N3O2. The summed E-state index contributed by atoms with van der Waals surface area (Å²) in [5, 5.41) is 4.05. The molecule has 0 aliphatic carbocycles. The molecule has 0 unspecified atom stereocenters. The molecule has 1 aromatic heterocycles. The van der Waals surface area contributed by atoms with Gasteiger partial charge in [0.15, 0.2) is 0 Å². The molecule has 0 aliphatic heterocycles. The topological polar surface area (TPSA) is 67.0 Å². The average Bonchev–Trinajstić information content (AvgIpc) is 2.55. The number of hydrogen-bond donors (Lipinski definition) is 2. The second kappa shape index (κ2) is 6.87. The number of fused-ring (bicyclic) bond motifs is 1. The highest BCUT2D eigenvalue weighted by Crippen LogP contribution is 2.16. The summed E-state index contributed by atoms with van der Waals surface area (Å²) < 4.78 is 5.61. The Hall–Kier alpha value is -2.66. The number of hydrogen-bond acceptors (Lipinski definition) is 4. The van der Waals surface area contributed by atoms with Gasteiger partial charge in [-0.2, -0.15) is 4.98 Å². The first kappa shape index (κ1) is 14.3. The third-order valence-electron chi connectivity index (χ3n) is 3.29. The third-order valence-corrected chi connectivity index (χ3v) is 3.29. The zero-order valence-corrected chi connectivity index (χ0v) is 12.1. The number of para-hydroxylation sites is 1. The highest BCUT2D eigenvalue weighted by atomic mass is 16.5. The zero-order chi connectivity index (χ0) is 15.2. The molecule has 0 fully saturated rings. The van der Waals surface area contributed by atoms with Gasteiger partial charge in [0.05, 0.1) is 18.7 Å². The van der Waals surface area contributed by atoms with Gasteiger partial charge in [0.25, 0.3) is 0 Å². The van der Waals surface area contributed by atoms with Crippen LogP contribution in [0.25, 0.3) is 10.9 Å². The van der Waals surface area contributed by atoms with Gasteiger partial charge in [0, 0.05) is 11.9 Å². The maximum atomic E-state index is 11.5. The van der Waals surface area contributed by atoms with Gasteiger partial charge in [0.1, 0.15) is 5.82 Å². The second-order valence-electron chi connectivity index (χ2n) is 4.90. The molecule has 3 rings (SSSR count). The van der Waals surface area contributed by atoms with Crippen molar-refractivity contribution >= 4 is 16.7 Å². The lowest BCUT2D eigenvalue weighted by Gasteiger charge is -2.09. The quantitative estimate of drug-likeness (QED) is 0.686. The first-order chi connectivity index (χ1) is 10.8. The van der Waals surface area contributed by atoms with Crippen LogP contribution < -0.4 is 11.0 Å². The predicted octanol–water partition coefficient (Wildman–Crippen LogP) is 2.55. The number of nitrogens with zero attached hydrogens (tertiary/aromatic N) is 1. The molecule has 22 heavy (non-hydrogen) atoms. The molecule has 3 aromatic rings. The fourth-order valence-electron chi connectivity index (χ4n) is 2.24. The van der Waals surface area contributed by atoms with E-state index in [0.29, 0.717) is 25.6 Å². The highest BCUT2D eigenvalue weighted by molar-refractivity contribution is 5.88. The van der Waals surface area contributed by atoms with Crippen LogP contribution in [0.3, 0.4) is 0 Å². The summed E-state index contributed by atoms with van der Waals surface area (Å²) in [7, 11) is 0. The van der Waals surface area contributed by atoms with Crippen LogP contribution in [0.15, 0.2) is 59.4 Å². The molecule has 1 heterocycles. The van der Waals surface area contributed by atoms with Crippen molar-refractivity contribution in [2.24, 2.45) is 0 Å². The lowest BCUT2D eigenvalue weighted by Crippen LogP contribution is -2.16. The average molecular weight is 295 g/mol. The van der Waals surface area contributed by atoms with Crippen LogP contribution in [0, 0.1) is 0 Å². The van der Waals surface area contributed by atoms with E-state index in [9.17, 15) is 4.79 Å². The number of H-pyrrole nitrogens is 1. The lowest BCUT2D eigenvalue weighted by molar-refractivity contribution is 0.130. The van der Waals surface area contributed by atoms with E-state index in [4.69, 9.17) is 4.74 Å². The third kappa shape index (κ3) is 3.51. The van der Waals surface area contributed by atoms with Crippen molar-refractivity contribution in [3.63, 3.8) is 0 Å².